The molecule has 2 aromatic heterocycles. The molecule has 0 bridgehead atoms. The Morgan fingerprint density at radius 2 is 1.75 bits per heavy atom. The molecule has 1 saturated heterocycles. The Kier molecular flexibility index (Phi) is 4.60. The Bertz CT molecular complexity index is 1180. The minimum Gasteiger partial charge on any atom is -0.351 e. The van der Waals surface area contributed by atoms with Crippen molar-refractivity contribution in [3.05, 3.63) is 75.3 Å². The second kappa shape index (κ2) is 6.96. The number of hydrogen-bond acceptors (Lipinski definition) is 4. The fourth-order valence-electron chi connectivity index (χ4n) is 3.23. The largest absolute Gasteiger partial charge is 0.351 e. The van der Waals surface area contributed by atoms with Crippen LogP contribution in [0.1, 0.15) is 11.4 Å². The van der Waals surface area contributed by atoms with Gasteiger partial charge < -0.3 is 4.57 Å². The average Bonchev–Trinajstić information content (AvgIpc) is 3.27. The van der Waals surface area contributed by atoms with Crippen LogP contribution in [0.4, 0.5) is 5.69 Å². The molecule has 4 rings (SSSR count). The topological polar surface area (TPSA) is 52.2 Å². The van der Waals surface area contributed by atoms with Crippen LogP contribution in [-0.4, -0.2) is 24.2 Å². The normalized spacial score (nSPS) is 15.8. The molecule has 3 heterocycles. The molecule has 0 aliphatic carbocycles. The molecule has 0 N–H and O–H groups in total. The monoisotopic (exact) mass is 410 g/mol. The van der Waals surface area contributed by atoms with Crippen LogP contribution in [0.15, 0.2) is 58.4 Å². The van der Waals surface area contributed by atoms with Crippen LogP contribution in [0, 0.1) is 6.92 Å². The molecular formula is C20H18N4O2S2. The number of nitrogens with zero attached hydrogens (tertiary/aromatic N) is 4. The Labute approximate surface area is 171 Å². The van der Waals surface area contributed by atoms with E-state index in [1.165, 1.54) is 16.7 Å². The molecule has 0 spiro atoms. The zero-order valence-electron chi connectivity index (χ0n) is 15.6. The fourth-order valence-corrected chi connectivity index (χ4v) is 4.49. The molecule has 1 aromatic carbocycles. The molecule has 0 atom stereocenters. The second-order valence-electron chi connectivity index (χ2n) is 6.47. The standard InChI is InChI=1S/C20H18N4O2S2/c1-13-17(19(26)24(22(13)3)14-8-5-4-6-9-14)23-18(25)16(28-20(23)27)12-15-10-7-11-21(15)2/h4-12H,1-3H3/b16-12-. The zero-order valence-corrected chi connectivity index (χ0v) is 17.3. The summed E-state index contributed by atoms with van der Waals surface area (Å²) in [4.78, 5) is 28.2. The van der Waals surface area contributed by atoms with E-state index in [9.17, 15) is 9.59 Å². The summed E-state index contributed by atoms with van der Waals surface area (Å²) < 4.78 is 5.57. The van der Waals surface area contributed by atoms with Crippen molar-refractivity contribution in [1.82, 2.24) is 13.9 Å². The van der Waals surface area contributed by atoms with Crippen LogP contribution < -0.4 is 10.5 Å². The quantitative estimate of drug-likeness (QED) is 0.491. The molecule has 0 unspecified atom stereocenters. The first-order chi connectivity index (χ1) is 13.4. The van der Waals surface area contributed by atoms with Gasteiger partial charge in [-0.05, 0) is 37.3 Å². The van der Waals surface area contributed by atoms with Crippen LogP contribution in [-0.2, 0) is 18.9 Å². The third-order valence-electron chi connectivity index (χ3n) is 4.80. The Morgan fingerprint density at radius 3 is 2.39 bits per heavy atom. The lowest BCUT2D eigenvalue weighted by molar-refractivity contribution is -0.113. The third-order valence-corrected chi connectivity index (χ3v) is 6.11. The van der Waals surface area contributed by atoms with Gasteiger partial charge in [-0.3, -0.25) is 19.2 Å². The number of benzene rings is 1. The van der Waals surface area contributed by atoms with E-state index in [0.717, 1.165) is 11.4 Å². The van der Waals surface area contributed by atoms with Gasteiger partial charge in [0, 0.05) is 26.0 Å². The van der Waals surface area contributed by atoms with Crippen LogP contribution in [0.5, 0.6) is 0 Å². The predicted molar refractivity (Wildman–Crippen MR) is 117 cm³/mol. The maximum absolute atomic E-state index is 13.2. The first-order valence-corrected chi connectivity index (χ1v) is 9.86. The van der Waals surface area contributed by atoms with Crippen molar-refractivity contribution in [2.24, 2.45) is 14.1 Å². The van der Waals surface area contributed by atoms with Gasteiger partial charge in [0.2, 0.25) is 0 Å². The van der Waals surface area contributed by atoms with E-state index in [-0.39, 0.29) is 11.5 Å². The number of carbonyl (C=O) groups is 1. The van der Waals surface area contributed by atoms with Crippen molar-refractivity contribution in [3.8, 4) is 5.69 Å². The van der Waals surface area contributed by atoms with Crippen molar-refractivity contribution in [1.29, 1.82) is 0 Å². The van der Waals surface area contributed by atoms with Gasteiger partial charge in [-0.25, -0.2) is 4.68 Å². The first-order valence-electron chi connectivity index (χ1n) is 8.63. The molecule has 28 heavy (non-hydrogen) atoms. The van der Waals surface area contributed by atoms with E-state index >= 15 is 0 Å². The molecular weight excluding hydrogens is 392 g/mol. The molecule has 0 saturated carbocycles. The summed E-state index contributed by atoms with van der Waals surface area (Å²) in [5, 5.41) is 0. The maximum Gasteiger partial charge on any atom is 0.296 e. The number of thioether (sulfide) groups is 1. The van der Waals surface area contributed by atoms with Crippen molar-refractivity contribution in [2.45, 2.75) is 6.92 Å². The summed E-state index contributed by atoms with van der Waals surface area (Å²) >= 11 is 6.67. The Morgan fingerprint density at radius 1 is 1.04 bits per heavy atom. The van der Waals surface area contributed by atoms with Crippen molar-refractivity contribution >= 4 is 46.0 Å². The highest BCUT2D eigenvalue weighted by Gasteiger charge is 2.37. The average molecular weight is 411 g/mol. The van der Waals surface area contributed by atoms with E-state index in [1.54, 1.807) is 22.5 Å². The number of aromatic nitrogens is 3. The van der Waals surface area contributed by atoms with Gasteiger partial charge in [-0.15, -0.1) is 0 Å². The van der Waals surface area contributed by atoms with Crippen LogP contribution in [0.2, 0.25) is 0 Å². The molecule has 1 amide bonds. The number of rotatable bonds is 3. The molecule has 3 aromatic rings. The predicted octanol–water partition coefficient (Wildman–Crippen LogP) is 3.23. The highest BCUT2D eigenvalue weighted by molar-refractivity contribution is 8.27. The van der Waals surface area contributed by atoms with Crippen LogP contribution in [0.3, 0.4) is 0 Å². The molecule has 1 aliphatic rings. The molecule has 6 nitrogen and oxygen atoms in total. The van der Waals surface area contributed by atoms with Gasteiger partial charge in [0.05, 0.1) is 16.3 Å². The van der Waals surface area contributed by atoms with E-state index in [2.05, 4.69) is 0 Å². The minimum absolute atomic E-state index is 0.275. The first kappa shape index (κ1) is 18.5. The Balaban J connectivity index is 1.81. The van der Waals surface area contributed by atoms with Crippen molar-refractivity contribution in [2.75, 3.05) is 4.90 Å². The van der Waals surface area contributed by atoms with Crippen LogP contribution >= 0.6 is 24.0 Å². The lowest BCUT2D eigenvalue weighted by Crippen LogP contribution is -2.33. The number of carbonyl (C=O) groups excluding carboxylic acids is 1. The number of thiocarbonyl (C=S) groups is 1. The fraction of sp³-hybridized carbons (Fsp3) is 0.150. The number of para-hydroxylation sites is 1. The summed E-state index contributed by atoms with van der Waals surface area (Å²) in [7, 11) is 3.71. The lowest BCUT2D eigenvalue weighted by atomic mass is 10.3. The summed E-state index contributed by atoms with van der Waals surface area (Å²) in [6, 6.07) is 13.2. The smallest absolute Gasteiger partial charge is 0.296 e. The van der Waals surface area contributed by atoms with E-state index in [1.807, 2.05) is 67.2 Å². The van der Waals surface area contributed by atoms with Gasteiger partial charge in [-0.1, -0.05) is 42.2 Å². The highest BCUT2D eigenvalue weighted by Crippen LogP contribution is 2.36. The summed E-state index contributed by atoms with van der Waals surface area (Å²) in [6.45, 7) is 1.82. The Hall–Kier alpha value is -2.84. The van der Waals surface area contributed by atoms with Gasteiger partial charge >= 0.3 is 0 Å². The molecule has 8 heteroatoms. The van der Waals surface area contributed by atoms with Gasteiger partial charge in [0.25, 0.3) is 11.5 Å². The maximum atomic E-state index is 13.2. The van der Waals surface area contributed by atoms with Gasteiger partial charge in [-0.2, -0.15) is 0 Å². The van der Waals surface area contributed by atoms with E-state index in [0.29, 0.717) is 20.6 Å². The summed E-state index contributed by atoms with van der Waals surface area (Å²) in [6.07, 6.45) is 3.71. The van der Waals surface area contributed by atoms with Crippen LogP contribution in [0.25, 0.3) is 11.8 Å². The minimum atomic E-state index is -0.276. The van der Waals surface area contributed by atoms with Gasteiger partial charge in [0.1, 0.15) is 5.69 Å². The molecule has 1 fully saturated rings. The van der Waals surface area contributed by atoms with E-state index in [4.69, 9.17) is 12.2 Å². The van der Waals surface area contributed by atoms with Crippen molar-refractivity contribution in [3.63, 3.8) is 0 Å². The highest BCUT2D eigenvalue weighted by atomic mass is 32.2. The van der Waals surface area contributed by atoms with Crippen molar-refractivity contribution < 1.29 is 4.79 Å². The second-order valence-corrected chi connectivity index (χ2v) is 8.15. The number of hydrogen-bond donors (Lipinski definition) is 0. The molecule has 142 valence electrons. The molecule has 0 radical (unpaired) electrons. The number of aryl methyl sites for hydroxylation is 1. The summed E-state index contributed by atoms with van der Waals surface area (Å²) in [5.41, 5.74) is 2.32. The summed E-state index contributed by atoms with van der Waals surface area (Å²) in [5.74, 6) is -0.276. The number of anilines is 1. The molecule has 1 aliphatic heterocycles. The third kappa shape index (κ3) is 2.85. The lowest BCUT2D eigenvalue weighted by Gasteiger charge is -2.12. The zero-order chi connectivity index (χ0) is 20.0. The SMILES string of the molecule is Cc1c(N2C(=O)/C(=C/c3cccn3C)SC2=S)c(=O)n(-c2ccccc2)n1C. The number of amides is 1. The van der Waals surface area contributed by atoms with Gasteiger partial charge in [0.15, 0.2) is 4.32 Å². The van der Waals surface area contributed by atoms with E-state index < -0.39 is 0 Å².